The maximum absolute atomic E-state index is 12.7. The number of oxime groups is 1. The zero-order valence-electron chi connectivity index (χ0n) is 15.0. The molecule has 0 heterocycles. The van der Waals surface area contributed by atoms with Gasteiger partial charge < -0.3 is 4.84 Å². The number of hydrogen-bond donors (Lipinski definition) is 1. The molecule has 10 heteroatoms. The lowest BCUT2D eigenvalue weighted by Crippen LogP contribution is -2.30. The highest BCUT2D eigenvalue weighted by molar-refractivity contribution is 7.93. The lowest BCUT2D eigenvalue weighted by Gasteiger charge is -2.15. The molecule has 0 aliphatic carbocycles. The monoisotopic (exact) mass is 434 g/mol. The second kappa shape index (κ2) is 8.83. The molecular weight excluding hydrogens is 417 g/mol. The summed E-state index contributed by atoms with van der Waals surface area (Å²) in [5.74, 6) is 0. The smallest absolute Gasteiger partial charge is 0.391 e. The average molecular weight is 435 g/mol. The third-order valence-electron chi connectivity index (χ3n) is 3.72. The van der Waals surface area contributed by atoms with Crippen LogP contribution < -0.4 is 4.72 Å². The number of alkyl halides is 3. The molecule has 2 rings (SSSR count). The van der Waals surface area contributed by atoms with E-state index in [1.165, 1.54) is 18.2 Å². The van der Waals surface area contributed by atoms with Gasteiger partial charge in [-0.1, -0.05) is 53.5 Å². The van der Waals surface area contributed by atoms with Gasteiger partial charge in [-0.2, -0.15) is 21.6 Å². The minimum Gasteiger partial charge on any atom is -0.391 e. The third kappa shape index (κ3) is 5.39. The Morgan fingerprint density at radius 3 is 2.50 bits per heavy atom. The normalized spacial score (nSPS) is 12.7. The van der Waals surface area contributed by atoms with Crippen molar-refractivity contribution in [2.24, 2.45) is 5.16 Å². The number of halogens is 4. The van der Waals surface area contributed by atoms with E-state index in [1.54, 1.807) is 42.8 Å². The van der Waals surface area contributed by atoms with Gasteiger partial charge in [-0.05, 0) is 31.5 Å². The minimum absolute atomic E-state index is 0.0542. The number of aryl methyl sites for hydroxylation is 1. The fourth-order valence-electron chi connectivity index (χ4n) is 2.29. The van der Waals surface area contributed by atoms with Crippen LogP contribution in [0.1, 0.15) is 30.0 Å². The Kier molecular flexibility index (Phi) is 6.95. The molecule has 0 saturated heterocycles. The van der Waals surface area contributed by atoms with Crippen molar-refractivity contribution >= 4 is 33.0 Å². The quantitative estimate of drug-likeness (QED) is 0.478. The summed E-state index contributed by atoms with van der Waals surface area (Å²) >= 11 is 6.04. The van der Waals surface area contributed by atoms with Gasteiger partial charge in [-0.25, -0.2) is 0 Å². The van der Waals surface area contributed by atoms with Gasteiger partial charge >= 0.3 is 15.5 Å². The van der Waals surface area contributed by atoms with Crippen molar-refractivity contribution in [1.82, 2.24) is 0 Å². The molecule has 2 aromatic carbocycles. The van der Waals surface area contributed by atoms with Crippen LogP contribution in [0.3, 0.4) is 0 Å². The van der Waals surface area contributed by atoms with Crippen LogP contribution in [0.25, 0.3) is 0 Å². The van der Waals surface area contributed by atoms with Gasteiger partial charge in [0.25, 0.3) is 0 Å². The summed E-state index contributed by atoms with van der Waals surface area (Å²) in [5, 5.41) is 4.48. The Morgan fingerprint density at radius 2 is 1.89 bits per heavy atom. The minimum atomic E-state index is -5.56. The standard InChI is InChI=1S/C18H18ClF3N2O3S/c1-3-16(23-27-11-13-6-4-5-7-15(13)19)14-10-12(2)8-9-17(14)24-28(25,26)18(20,21)22/h4-10,24H,3,11H2,1-2H3/b23-16+. The molecular formula is C18H18ClF3N2O3S. The van der Waals surface area contributed by atoms with E-state index >= 15 is 0 Å². The number of rotatable bonds is 7. The molecule has 0 amide bonds. The largest absolute Gasteiger partial charge is 0.516 e. The molecule has 0 unspecified atom stereocenters. The number of benzene rings is 2. The Bertz CT molecular complexity index is 976. The SMILES string of the molecule is CC/C(=N\OCc1ccccc1Cl)c1cc(C)ccc1NS(=O)(=O)C(F)(F)F. The molecule has 0 atom stereocenters. The summed E-state index contributed by atoms with van der Waals surface area (Å²) in [5.41, 5.74) is -3.77. The highest BCUT2D eigenvalue weighted by Gasteiger charge is 2.46. The molecule has 2 aromatic rings. The summed E-state index contributed by atoms with van der Waals surface area (Å²) in [4.78, 5) is 5.30. The van der Waals surface area contributed by atoms with E-state index in [0.717, 1.165) is 5.56 Å². The molecule has 5 nitrogen and oxygen atoms in total. The second-order valence-corrected chi connectivity index (χ2v) is 7.94. The molecule has 0 fully saturated rings. The summed E-state index contributed by atoms with van der Waals surface area (Å²) < 4.78 is 62.7. The topological polar surface area (TPSA) is 67.8 Å². The van der Waals surface area contributed by atoms with Crippen LogP contribution in [-0.2, 0) is 21.5 Å². The summed E-state index contributed by atoms with van der Waals surface area (Å²) in [6.45, 7) is 3.50. The van der Waals surface area contributed by atoms with E-state index < -0.39 is 15.5 Å². The van der Waals surface area contributed by atoms with Gasteiger partial charge in [0.1, 0.15) is 6.61 Å². The fourth-order valence-corrected chi connectivity index (χ4v) is 3.06. The van der Waals surface area contributed by atoms with E-state index in [1.807, 2.05) is 0 Å². The first-order valence-electron chi connectivity index (χ1n) is 8.17. The van der Waals surface area contributed by atoms with Gasteiger partial charge in [-0.3, -0.25) is 4.72 Å². The van der Waals surface area contributed by atoms with Crippen molar-refractivity contribution in [3.05, 3.63) is 64.2 Å². The fraction of sp³-hybridized carbons (Fsp3) is 0.278. The number of anilines is 1. The maximum atomic E-state index is 12.7. The molecule has 0 aliphatic rings. The van der Waals surface area contributed by atoms with Crippen molar-refractivity contribution in [3.8, 4) is 0 Å². The average Bonchev–Trinajstić information content (AvgIpc) is 2.61. The van der Waals surface area contributed by atoms with Crippen LogP contribution in [0, 0.1) is 6.92 Å². The molecule has 1 N–H and O–H groups in total. The molecule has 28 heavy (non-hydrogen) atoms. The van der Waals surface area contributed by atoms with Crippen molar-refractivity contribution in [2.75, 3.05) is 4.72 Å². The number of nitrogens with one attached hydrogen (secondary N) is 1. The number of hydrogen-bond acceptors (Lipinski definition) is 4. The Balaban J connectivity index is 2.32. The van der Waals surface area contributed by atoms with E-state index in [2.05, 4.69) is 5.16 Å². The Morgan fingerprint density at radius 1 is 1.21 bits per heavy atom. The zero-order valence-corrected chi connectivity index (χ0v) is 16.6. The van der Waals surface area contributed by atoms with E-state index in [-0.39, 0.29) is 23.6 Å². The van der Waals surface area contributed by atoms with Crippen molar-refractivity contribution < 1.29 is 26.4 Å². The van der Waals surface area contributed by atoms with Gasteiger partial charge in [-0.15, -0.1) is 0 Å². The number of sulfonamides is 1. The first kappa shape index (κ1) is 22.0. The van der Waals surface area contributed by atoms with E-state index in [9.17, 15) is 21.6 Å². The second-order valence-electron chi connectivity index (χ2n) is 5.86. The van der Waals surface area contributed by atoms with Gasteiger partial charge in [0.2, 0.25) is 0 Å². The van der Waals surface area contributed by atoms with Crippen molar-refractivity contribution in [2.45, 2.75) is 32.4 Å². The predicted octanol–water partition coefficient (Wildman–Crippen LogP) is 5.24. The predicted molar refractivity (Wildman–Crippen MR) is 103 cm³/mol. The molecule has 0 aromatic heterocycles. The molecule has 0 radical (unpaired) electrons. The Hall–Kier alpha value is -2.26. The summed E-state index contributed by atoms with van der Waals surface area (Å²) in [6.07, 6.45) is 0.298. The molecule has 0 aliphatic heterocycles. The summed E-state index contributed by atoms with van der Waals surface area (Å²) in [7, 11) is -5.56. The highest BCUT2D eigenvalue weighted by atomic mass is 35.5. The highest BCUT2D eigenvalue weighted by Crippen LogP contribution is 2.28. The lowest BCUT2D eigenvalue weighted by atomic mass is 10.0. The van der Waals surface area contributed by atoms with Crippen molar-refractivity contribution in [1.29, 1.82) is 0 Å². The van der Waals surface area contributed by atoms with Gasteiger partial charge in [0.05, 0.1) is 11.4 Å². The molecule has 0 spiro atoms. The number of nitrogens with zero attached hydrogens (tertiary/aromatic N) is 1. The van der Waals surface area contributed by atoms with Crippen LogP contribution in [0.4, 0.5) is 18.9 Å². The molecule has 0 saturated carbocycles. The van der Waals surface area contributed by atoms with E-state index in [0.29, 0.717) is 17.0 Å². The van der Waals surface area contributed by atoms with Gasteiger partial charge in [0.15, 0.2) is 0 Å². The molecule has 0 bridgehead atoms. The first-order valence-corrected chi connectivity index (χ1v) is 10.0. The van der Waals surface area contributed by atoms with Crippen molar-refractivity contribution in [3.63, 3.8) is 0 Å². The van der Waals surface area contributed by atoms with Crippen LogP contribution in [-0.4, -0.2) is 19.6 Å². The lowest BCUT2D eigenvalue weighted by molar-refractivity contribution is -0.0429. The summed E-state index contributed by atoms with van der Waals surface area (Å²) in [6, 6.07) is 11.3. The Labute approximate surface area is 166 Å². The molecule has 152 valence electrons. The maximum Gasteiger partial charge on any atom is 0.516 e. The van der Waals surface area contributed by atoms with E-state index in [4.69, 9.17) is 16.4 Å². The van der Waals surface area contributed by atoms with Crippen LogP contribution in [0.2, 0.25) is 5.02 Å². The van der Waals surface area contributed by atoms with Crippen LogP contribution in [0.15, 0.2) is 47.6 Å². The third-order valence-corrected chi connectivity index (χ3v) is 5.19. The van der Waals surface area contributed by atoms with Crippen LogP contribution >= 0.6 is 11.6 Å². The van der Waals surface area contributed by atoms with Crippen LogP contribution in [0.5, 0.6) is 0 Å². The first-order chi connectivity index (χ1) is 13.0. The van der Waals surface area contributed by atoms with Gasteiger partial charge in [0, 0.05) is 16.1 Å². The zero-order chi connectivity index (χ0) is 20.9.